The number of hydrogen-bond donors (Lipinski definition) is 3. The van der Waals surface area contributed by atoms with Crippen LogP contribution >= 0.6 is 0 Å². The molecule has 6 heteroatoms. The number of amides is 1. The summed E-state index contributed by atoms with van der Waals surface area (Å²) in [5.41, 5.74) is 0.716. The minimum absolute atomic E-state index is 0.0488. The largest absolute Gasteiger partial charge is 0.497 e. The number of carbonyl (C=O) groups excluding carboxylic acids is 1. The Balaban J connectivity index is 1.77. The van der Waals surface area contributed by atoms with E-state index < -0.39 is 6.10 Å². The van der Waals surface area contributed by atoms with Gasteiger partial charge in [-0.1, -0.05) is 12.1 Å². The molecule has 1 saturated heterocycles. The van der Waals surface area contributed by atoms with Crippen LogP contribution in [-0.2, 0) is 9.53 Å². The average Bonchev–Trinajstić information content (AvgIpc) is 2.53. The second kappa shape index (κ2) is 7.97. The fourth-order valence-electron chi connectivity index (χ4n) is 2.22. The number of morpholine rings is 1. The van der Waals surface area contributed by atoms with Crippen molar-refractivity contribution in [1.82, 2.24) is 10.6 Å². The van der Waals surface area contributed by atoms with Crippen molar-refractivity contribution in [2.45, 2.75) is 18.6 Å². The van der Waals surface area contributed by atoms with Crippen molar-refractivity contribution in [1.29, 1.82) is 0 Å². The van der Waals surface area contributed by atoms with Gasteiger partial charge in [-0.15, -0.1) is 0 Å². The van der Waals surface area contributed by atoms with Crippen molar-refractivity contribution < 1.29 is 19.4 Å². The first kappa shape index (κ1) is 15.8. The standard InChI is InChI=1S/C15H22N2O4/c1-20-13-4-2-3-11(7-13)14(18)9-17-15(19)8-12-10-21-6-5-16-12/h2-4,7,12,14,16,18H,5-6,8-10H2,1H3,(H,17,19). The summed E-state index contributed by atoms with van der Waals surface area (Å²) in [5, 5.41) is 16.0. The number of ether oxygens (including phenoxy) is 2. The molecular weight excluding hydrogens is 272 g/mol. The Morgan fingerprint density at radius 3 is 3.19 bits per heavy atom. The second-order valence-electron chi connectivity index (χ2n) is 5.03. The van der Waals surface area contributed by atoms with Gasteiger partial charge in [0, 0.05) is 25.6 Å². The summed E-state index contributed by atoms with van der Waals surface area (Å²) in [6.07, 6.45) is -0.398. The minimum atomic E-state index is -0.750. The van der Waals surface area contributed by atoms with Crippen LogP contribution in [0.25, 0.3) is 0 Å². The third kappa shape index (κ3) is 5.00. The van der Waals surface area contributed by atoms with Crippen molar-refractivity contribution in [3.63, 3.8) is 0 Å². The molecule has 1 aliphatic rings. The Bertz CT molecular complexity index is 461. The molecule has 0 radical (unpaired) electrons. The molecule has 0 bridgehead atoms. The highest BCUT2D eigenvalue weighted by Crippen LogP contribution is 2.18. The van der Waals surface area contributed by atoms with Crippen LogP contribution in [0.3, 0.4) is 0 Å². The molecule has 1 heterocycles. The number of methoxy groups -OCH3 is 1. The Kier molecular flexibility index (Phi) is 5.98. The van der Waals surface area contributed by atoms with E-state index in [1.807, 2.05) is 12.1 Å². The molecule has 1 amide bonds. The zero-order chi connectivity index (χ0) is 15.1. The van der Waals surface area contributed by atoms with E-state index in [4.69, 9.17) is 9.47 Å². The van der Waals surface area contributed by atoms with Crippen LogP contribution in [0.4, 0.5) is 0 Å². The number of aliphatic hydroxyl groups is 1. The summed E-state index contributed by atoms with van der Waals surface area (Å²) in [6.45, 7) is 2.18. The van der Waals surface area contributed by atoms with Crippen molar-refractivity contribution in [2.24, 2.45) is 0 Å². The summed E-state index contributed by atoms with van der Waals surface area (Å²) in [7, 11) is 1.58. The Morgan fingerprint density at radius 2 is 2.48 bits per heavy atom. The van der Waals surface area contributed by atoms with Crippen molar-refractivity contribution >= 4 is 5.91 Å². The zero-order valence-electron chi connectivity index (χ0n) is 12.2. The van der Waals surface area contributed by atoms with Gasteiger partial charge in [-0.3, -0.25) is 4.79 Å². The fraction of sp³-hybridized carbons (Fsp3) is 0.533. The zero-order valence-corrected chi connectivity index (χ0v) is 12.2. The summed E-state index contributed by atoms with van der Waals surface area (Å²) in [5.74, 6) is 0.585. The van der Waals surface area contributed by atoms with Gasteiger partial charge < -0.3 is 25.2 Å². The van der Waals surface area contributed by atoms with Gasteiger partial charge in [0.05, 0.1) is 26.4 Å². The van der Waals surface area contributed by atoms with Crippen LogP contribution in [-0.4, -0.2) is 50.5 Å². The SMILES string of the molecule is COc1cccc(C(O)CNC(=O)CC2COCCN2)c1. The number of hydrogen-bond acceptors (Lipinski definition) is 5. The molecule has 116 valence electrons. The van der Waals surface area contributed by atoms with Crippen LogP contribution in [0.15, 0.2) is 24.3 Å². The van der Waals surface area contributed by atoms with E-state index in [-0.39, 0.29) is 18.5 Å². The molecule has 1 aromatic carbocycles. The molecule has 1 aliphatic heterocycles. The maximum Gasteiger partial charge on any atom is 0.221 e. The summed E-state index contributed by atoms with van der Waals surface area (Å²) in [4.78, 5) is 11.8. The van der Waals surface area contributed by atoms with Crippen molar-refractivity contribution in [3.8, 4) is 5.75 Å². The number of aliphatic hydroxyl groups excluding tert-OH is 1. The monoisotopic (exact) mass is 294 g/mol. The highest BCUT2D eigenvalue weighted by molar-refractivity contribution is 5.76. The molecule has 0 aliphatic carbocycles. The highest BCUT2D eigenvalue weighted by Gasteiger charge is 2.17. The predicted molar refractivity (Wildman–Crippen MR) is 78.2 cm³/mol. The number of benzene rings is 1. The third-order valence-electron chi connectivity index (χ3n) is 3.40. The molecule has 2 unspecified atom stereocenters. The molecule has 0 saturated carbocycles. The van der Waals surface area contributed by atoms with Crippen LogP contribution in [0.2, 0.25) is 0 Å². The fourth-order valence-corrected chi connectivity index (χ4v) is 2.22. The lowest BCUT2D eigenvalue weighted by atomic mass is 10.1. The van der Waals surface area contributed by atoms with Crippen LogP contribution < -0.4 is 15.4 Å². The molecule has 6 nitrogen and oxygen atoms in total. The van der Waals surface area contributed by atoms with E-state index in [0.717, 1.165) is 6.54 Å². The summed E-state index contributed by atoms with van der Waals surface area (Å²) >= 11 is 0. The van der Waals surface area contributed by atoms with Crippen LogP contribution in [0, 0.1) is 0 Å². The first-order valence-electron chi connectivity index (χ1n) is 7.09. The van der Waals surface area contributed by atoms with Crippen LogP contribution in [0.5, 0.6) is 5.75 Å². The van der Waals surface area contributed by atoms with Crippen molar-refractivity contribution in [3.05, 3.63) is 29.8 Å². The van der Waals surface area contributed by atoms with Crippen molar-refractivity contribution in [2.75, 3.05) is 33.4 Å². The van der Waals surface area contributed by atoms with Gasteiger partial charge in [-0.05, 0) is 17.7 Å². The van der Waals surface area contributed by atoms with Gasteiger partial charge in [0.1, 0.15) is 5.75 Å². The Labute approximate surface area is 124 Å². The lowest BCUT2D eigenvalue weighted by molar-refractivity contribution is -0.122. The number of nitrogens with one attached hydrogen (secondary N) is 2. The first-order valence-corrected chi connectivity index (χ1v) is 7.09. The van der Waals surface area contributed by atoms with E-state index in [2.05, 4.69) is 10.6 Å². The molecule has 1 aromatic rings. The average molecular weight is 294 g/mol. The minimum Gasteiger partial charge on any atom is -0.497 e. The summed E-state index contributed by atoms with van der Waals surface area (Å²) in [6, 6.07) is 7.22. The van der Waals surface area contributed by atoms with E-state index in [1.165, 1.54) is 0 Å². The lowest BCUT2D eigenvalue weighted by Gasteiger charge is -2.23. The van der Waals surface area contributed by atoms with Gasteiger partial charge in [-0.2, -0.15) is 0 Å². The Hall–Kier alpha value is -1.63. The van der Waals surface area contributed by atoms with Gasteiger partial charge >= 0.3 is 0 Å². The van der Waals surface area contributed by atoms with Crippen LogP contribution in [0.1, 0.15) is 18.1 Å². The normalized spacial score (nSPS) is 19.8. The number of rotatable bonds is 6. The van der Waals surface area contributed by atoms with Gasteiger partial charge in [-0.25, -0.2) is 0 Å². The third-order valence-corrected chi connectivity index (χ3v) is 3.40. The molecule has 2 atom stereocenters. The first-order chi connectivity index (χ1) is 10.2. The van der Waals surface area contributed by atoms with E-state index in [9.17, 15) is 9.90 Å². The van der Waals surface area contributed by atoms with Gasteiger partial charge in [0.15, 0.2) is 0 Å². The molecule has 21 heavy (non-hydrogen) atoms. The molecule has 0 aromatic heterocycles. The topological polar surface area (TPSA) is 79.8 Å². The quantitative estimate of drug-likeness (QED) is 0.699. The maximum absolute atomic E-state index is 11.8. The Morgan fingerprint density at radius 1 is 1.62 bits per heavy atom. The van der Waals surface area contributed by atoms with Gasteiger partial charge in [0.2, 0.25) is 5.91 Å². The molecular formula is C15H22N2O4. The molecule has 1 fully saturated rings. The maximum atomic E-state index is 11.8. The molecule has 2 rings (SSSR count). The number of carbonyl (C=O) groups is 1. The van der Waals surface area contributed by atoms with E-state index >= 15 is 0 Å². The molecule has 3 N–H and O–H groups in total. The van der Waals surface area contributed by atoms with E-state index in [1.54, 1.807) is 19.2 Å². The molecule has 0 spiro atoms. The summed E-state index contributed by atoms with van der Waals surface area (Å²) < 4.78 is 10.4. The smallest absolute Gasteiger partial charge is 0.221 e. The second-order valence-corrected chi connectivity index (χ2v) is 5.03. The lowest BCUT2D eigenvalue weighted by Crippen LogP contribution is -2.44. The highest BCUT2D eigenvalue weighted by atomic mass is 16.5. The van der Waals surface area contributed by atoms with Gasteiger partial charge in [0.25, 0.3) is 0 Å². The van der Waals surface area contributed by atoms with E-state index in [0.29, 0.717) is 30.9 Å². The predicted octanol–water partition coefficient (Wildman–Crippen LogP) is 0.223.